The van der Waals surface area contributed by atoms with Crippen LogP contribution in [-0.4, -0.2) is 19.1 Å². The predicted octanol–water partition coefficient (Wildman–Crippen LogP) is 3.90. The Morgan fingerprint density at radius 1 is 1.14 bits per heavy atom. The summed E-state index contributed by atoms with van der Waals surface area (Å²) in [5.74, 6) is 0.753. The van der Waals surface area contributed by atoms with Gasteiger partial charge in [-0.25, -0.2) is 0 Å². The highest BCUT2D eigenvalue weighted by atomic mass is 79.9. The van der Waals surface area contributed by atoms with Crippen LogP contribution in [0.5, 0.6) is 5.75 Å². The minimum Gasteiger partial charge on any atom is -0.492 e. The van der Waals surface area contributed by atoms with Crippen molar-refractivity contribution in [3.63, 3.8) is 0 Å². The fourth-order valence-electron chi connectivity index (χ4n) is 1.83. The van der Waals surface area contributed by atoms with Crippen molar-refractivity contribution in [1.82, 2.24) is 0 Å². The van der Waals surface area contributed by atoms with Crippen molar-refractivity contribution in [1.29, 1.82) is 0 Å². The van der Waals surface area contributed by atoms with Gasteiger partial charge in [-0.05, 0) is 36.4 Å². The van der Waals surface area contributed by atoms with Crippen LogP contribution in [0.15, 0.2) is 53.0 Å². The molecular formula is C16H17BrN2O2. The Morgan fingerprint density at radius 2 is 1.90 bits per heavy atom. The Bertz CT molecular complexity index is 617. The number of halogens is 1. The Morgan fingerprint density at radius 3 is 2.67 bits per heavy atom. The van der Waals surface area contributed by atoms with E-state index in [0.717, 1.165) is 21.6 Å². The molecule has 0 aliphatic rings. The fraction of sp³-hybridized carbons (Fsp3) is 0.188. The highest BCUT2D eigenvalue weighted by Crippen LogP contribution is 2.18. The molecule has 2 aromatic carbocycles. The van der Waals surface area contributed by atoms with Crippen molar-refractivity contribution in [2.75, 3.05) is 23.8 Å². The zero-order chi connectivity index (χ0) is 15.1. The molecule has 4 nitrogen and oxygen atoms in total. The summed E-state index contributed by atoms with van der Waals surface area (Å²) in [6.07, 6.45) is 0. The summed E-state index contributed by atoms with van der Waals surface area (Å²) in [7, 11) is 0. The highest BCUT2D eigenvalue weighted by Gasteiger charge is 1.98. The monoisotopic (exact) mass is 348 g/mol. The highest BCUT2D eigenvalue weighted by molar-refractivity contribution is 9.10. The van der Waals surface area contributed by atoms with Crippen molar-refractivity contribution >= 4 is 33.2 Å². The number of amides is 1. The van der Waals surface area contributed by atoms with Crippen LogP contribution in [0.4, 0.5) is 11.4 Å². The summed E-state index contributed by atoms with van der Waals surface area (Å²) in [4.78, 5) is 11.0. The number of nitrogens with one attached hydrogen (secondary N) is 2. The van der Waals surface area contributed by atoms with E-state index in [2.05, 4.69) is 26.6 Å². The lowest BCUT2D eigenvalue weighted by Crippen LogP contribution is -2.12. The van der Waals surface area contributed by atoms with E-state index in [9.17, 15) is 4.79 Å². The van der Waals surface area contributed by atoms with Gasteiger partial charge in [-0.2, -0.15) is 0 Å². The standard InChI is InChI=1S/C16H17BrN2O2/c1-12(20)19-15-6-3-5-14(11-15)18-8-9-21-16-7-2-4-13(17)10-16/h2-7,10-11,18H,8-9H2,1H3,(H,19,20). The number of hydrogen-bond acceptors (Lipinski definition) is 3. The number of anilines is 2. The predicted molar refractivity (Wildman–Crippen MR) is 88.9 cm³/mol. The first-order chi connectivity index (χ1) is 10.1. The molecule has 0 unspecified atom stereocenters. The molecular weight excluding hydrogens is 332 g/mol. The van der Waals surface area contributed by atoms with E-state index in [1.54, 1.807) is 0 Å². The van der Waals surface area contributed by atoms with Crippen LogP contribution in [0.3, 0.4) is 0 Å². The van der Waals surface area contributed by atoms with E-state index in [1.807, 2.05) is 48.5 Å². The van der Waals surface area contributed by atoms with Gasteiger partial charge in [-0.15, -0.1) is 0 Å². The van der Waals surface area contributed by atoms with Crippen LogP contribution in [0, 0.1) is 0 Å². The van der Waals surface area contributed by atoms with Gasteiger partial charge in [0.15, 0.2) is 0 Å². The molecule has 2 aromatic rings. The maximum atomic E-state index is 11.0. The Labute approximate surface area is 132 Å². The maximum Gasteiger partial charge on any atom is 0.221 e. The normalized spacial score (nSPS) is 10.0. The van der Waals surface area contributed by atoms with Gasteiger partial charge in [-0.1, -0.05) is 28.1 Å². The van der Waals surface area contributed by atoms with Gasteiger partial charge in [0.2, 0.25) is 5.91 Å². The van der Waals surface area contributed by atoms with Gasteiger partial charge >= 0.3 is 0 Å². The molecule has 1 amide bonds. The number of benzene rings is 2. The molecule has 2 N–H and O–H groups in total. The van der Waals surface area contributed by atoms with Gasteiger partial charge in [0, 0.05) is 29.3 Å². The Kier molecular flexibility index (Phi) is 5.63. The van der Waals surface area contributed by atoms with Crippen molar-refractivity contribution in [2.24, 2.45) is 0 Å². The summed E-state index contributed by atoms with van der Waals surface area (Å²) in [6, 6.07) is 15.3. The van der Waals surface area contributed by atoms with E-state index in [1.165, 1.54) is 6.92 Å². The van der Waals surface area contributed by atoms with Crippen molar-refractivity contribution in [2.45, 2.75) is 6.92 Å². The second-order valence-electron chi connectivity index (χ2n) is 4.49. The molecule has 0 atom stereocenters. The van der Waals surface area contributed by atoms with Crippen LogP contribution in [0.2, 0.25) is 0 Å². The van der Waals surface area contributed by atoms with Gasteiger partial charge in [0.25, 0.3) is 0 Å². The Balaban J connectivity index is 1.79. The van der Waals surface area contributed by atoms with Crippen LogP contribution in [0.25, 0.3) is 0 Å². The SMILES string of the molecule is CC(=O)Nc1cccc(NCCOc2cccc(Br)c2)c1. The largest absolute Gasteiger partial charge is 0.492 e. The third-order valence-corrected chi connectivity index (χ3v) is 3.17. The smallest absolute Gasteiger partial charge is 0.221 e. The maximum absolute atomic E-state index is 11.0. The Hall–Kier alpha value is -2.01. The molecule has 0 radical (unpaired) electrons. The summed E-state index contributed by atoms with van der Waals surface area (Å²) < 4.78 is 6.64. The zero-order valence-electron chi connectivity index (χ0n) is 11.7. The second-order valence-corrected chi connectivity index (χ2v) is 5.41. The molecule has 5 heteroatoms. The lowest BCUT2D eigenvalue weighted by molar-refractivity contribution is -0.114. The molecule has 0 aromatic heterocycles. The fourth-order valence-corrected chi connectivity index (χ4v) is 2.21. The van der Waals surface area contributed by atoms with E-state index in [4.69, 9.17) is 4.74 Å². The molecule has 0 spiro atoms. The first-order valence-corrected chi connectivity index (χ1v) is 7.43. The summed E-state index contributed by atoms with van der Waals surface area (Å²) in [6.45, 7) is 2.72. The van der Waals surface area contributed by atoms with Crippen LogP contribution < -0.4 is 15.4 Å². The topological polar surface area (TPSA) is 50.4 Å². The molecule has 0 fully saturated rings. The van der Waals surface area contributed by atoms with Gasteiger partial charge in [-0.3, -0.25) is 4.79 Å². The molecule has 2 rings (SSSR count). The summed E-state index contributed by atoms with van der Waals surface area (Å²) >= 11 is 3.41. The minimum atomic E-state index is -0.0786. The van der Waals surface area contributed by atoms with E-state index < -0.39 is 0 Å². The van der Waals surface area contributed by atoms with E-state index >= 15 is 0 Å². The second kappa shape index (κ2) is 7.69. The number of rotatable bonds is 6. The van der Waals surface area contributed by atoms with E-state index in [0.29, 0.717) is 13.2 Å². The first-order valence-electron chi connectivity index (χ1n) is 6.63. The molecule has 0 heterocycles. The quantitative estimate of drug-likeness (QED) is 0.778. The molecule has 0 aliphatic heterocycles. The third kappa shape index (κ3) is 5.47. The van der Waals surface area contributed by atoms with Gasteiger partial charge in [0.05, 0.1) is 0 Å². The lowest BCUT2D eigenvalue weighted by atomic mass is 10.2. The van der Waals surface area contributed by atoms with Crippen LogP contribution in [0.1, 0.15) is 6.92 Å². The minimum absolute atomic E-state index is 0.0786. The van der Waals surface area contributed by atoms with Gasteiger partial charge < -0.3 is 15.4 Å². The third-order valence-electron chi connectivity index (χ3n) is 2.68. The lowest BCUT2D eigenvalue weighted by Gasteiger charge is -2.10. The van der Waals surface area contributed by atoms with Crippen LogP contribution >= 0.6 is 15.9 Å². The van der Waals surface area contributed by atoms with Crippen LogP contribution in [-0.2, 0) is 4.79 Å². The number of carbonyl (C=O) groups excluding carboxylic acids is 1. The summed E-state index contributed by atoms with van der Waals surface area (Å²) in [5, 5.41) is 6.01. The van der Waals surface area contributed by atoms with Crippen molar-refractivity contribution in [3.8, 4) is 5.75 Å². The van der Waals surface area contributed by atoms with E-state index in [-0.39, 0.29) is 5.91 Å². The number of ether oxygens (including phenoxy) is 1. The molecule has 21 heavy (non-hydrogen) atoms. The first kappa shape index (κ1) is 15.4. The average Bonchev–Trinajstić information content (AvgIpc) is 2.43. The van der Waals surface area contributed by atoms with Gasteiger partial charge in [0.1, 0.15) is 12.4 Å². The number of carbonyl (C=O) groups is 1. The molecule has 0 saturated heterocycles. The summed E-state index contributed by atoms with van der Waals surface area (Å²) in [5.41, 5.74) is 1.72. The van der Waals surface area contributed by atoms with Crippen molar-refractivity contribution < 1.29 is 9.53 Å². The average molecular weight is 349 g/mol. The van der Waals surface area contributed by atoms with Crippen molar-refractivity contribution in [3.05, 3.63) is 53.0 Å². The number of hydrogen-bond donors (Lipinski definition) is 2. The zero-order valence-corrected chi connectivity index (χ0v) is 13.3. The molecule has 0 bridgehead atoms. The molecule has 0 saturated carbocycles. The molecule has 0 aliphatic carbocycles. The molecule has 110 valence electrons.